The Balaban J connectivity index is 1.32. The average molecular weight is 511 g/mol. The summed E-state index contributed by atoms with van der Waals surface area (Å²) >= 11 is 12.6. The van der Waals surface area contributed by atoms with Gasteiger partial charge in [0.1, 0.15) is 5.54 Å². The highest BCUT2D eigenvalue weighted by atomic mass is 35.5. The third-order valence-electron chi connectivity index (χ3n) is 8.19. The largest absolute Gasteiger partial charge is 0.361 e. The average Bonchev–Trinajstić information content (AvgIpc) is 3.68. The number of aromatic amines is 1. The highest BCUT2D eigenvalue weighted by molar-refractivity contribution is 6.35. The SMILES string of the molecule is CN(C)C1CN(C(=O)C2(NC(=O)C3(c4ccc(Cl)cc4Cl)CC3)CC2c2c[nH]c3ccccc23)C1. The van der Waals surface area contributed by atoms with Crippen LogP contribution in [-0.2, 0) is 15.0 Å². The number of carbonyl (C=O) groups excluding carboxylic acids is 2. The molecule has 3 fully saturated rings. The second-order valence-electron chi connectivity index (χ2n) is 10.5. The molecule has 1 aromatic heterocycles. The van der Waals surface area contributed by atoms with E-state index in [0.29, 0.717) is 48.4 Å². The van der Waals surface area contributed by atoms with Gasteiger partial charge in [-0.2, -0.15) is 0 Å². The smallest absolute Gasteiger partial charge is 0.249 e. The second kappa shape index (κ2) is 7.99. The van der Waals surface area contributed by atoms with Gasteiger partial charge >= 0.3 is 0 Å². The van der Waals surface area contributed by atoms with Crippen LogP contribution in [0.5, 0.6) is 0 Å². The maximum absolute atomic E-state index is 13.9. The van der Waals surface area contributed by atoms with Gasteiger partial charge in [0.25, 0.3) is 0 Å². The first-order chi connectivity index (χ1) is 16.7. The van der Waals surface area contributed by atoms with Crippen LogP contribution in [0, 0.1) is 0 Å². The number of benzene rings is 2. The number of rotatable bonds is 6. The number of nitrogens with zero attached hydrogens (tertiary/aromatic N) is 2. The minimum Gasteiger partial charge on any atom is -0.361 e. The Labute approximate surface area is 214 Å². The van der Waals surface area contributed by atoms with Gasteiger partial charge in [0.2, 0.25) is 11.8 Å². The molecule has 2 amide bonds. The van der Waals surface area contributed by atoms with Crippen molar-refractivity contribution in [2.45, 2.75) is 42.2 Å². The quantitative estimate of drug-likeness (QED) is 0.518. The summed E-state index contributed by atoms with van der Waals surface area (Å²) < 4.78 is 0. The lowest BCUT2D eigenvalue weighted by atomic mass is 9.93. The van der Waals surface area contributed by atoms with Gasteiger partial charge in [0.15, 0.2) is 0 Å². The minimum atomic E-state index is -0.937. The van der Waals surface area contributed by atoms with Crippen LogP contribution in [0.25, 0.3) is 10.9 Å². The molecule has 2 aliphatic carbocycles. The zero-order valence-corrected chi connectivity index (χ0v) is 21.3. The maximum Gasteiger partial charge on any atom is 0.249 e. The fraction of sp³-hybridized carbons (Fsp3) is 0.407. The van der Waals surface area contributed by atoms with E-state index < -0.39 is 11.0 Å². The molecule has 2 unspecified atom stereocenters. The summed E-state index contributed by atoms with van der Waals surface area (Å²) in [7, 11) is 4.06. The molecule has 1 aliphatic heterocycles. The number of likely N-dealkylation sites (tertiary alicyclic amines) is 1. The minimum absolute atomic E-state index is 0.0113. The van der Waals surface area contributed by atoms with E-state index in [4.69, 9.17) is 23.2 Å². The summed E-state index contributed by atoms with van der Waals surface area (Å²) in [5.74, 6) is -0.190. The van der Waals surface area contributed by atoms with Crippen molar-refractivity contribution in [1.82, 2.24) is 20.1 Å². The predicted octanol–water partition coefficient (Wildman–Crippen LogP) is 4.32. The topological polar surface area (TPSA) is 68.4 Å². The van der Waals surface area contributed by atoms with Gasteiger partial charge in [-0.25, -0.2) is 0 Å². The van der Waals surface area contributed by atoms with Crippen molar-refractivity contribution >= 4 is 45.9 Å². The van der Waals surface area contributed by atoms with Crippen LogP contribution in [-0.4, -0.2) is 65.4 Å². The molecule has 6 rings (SSSR count). The normalized spacial score (nSPS) is 24.9. The fourth-order valence-electron chi connectivity index (χ4n) is 5.62. The number of nitrogens with one attached hydrogen (secondary N) is 2. The molecule has 3 aromatic rings. The van der Waals surface area contributed by atoms with Crippen molar-refractivity contribution in [3.63, 3.8) is 0 Å². The zero-order chi connectivity index (χ0) is 24.5. The molecule has 6 nitrogen and oxygen atoms in total. The number of hydrogen-bond donors (Lipinski definition) is 2. The number of para-hydroxylation sites is 1. The first-order valence-corrected chi connectivity index (χ1v) is 12.8. The first-order valence-electron chi connectivity index (χ1n) is 12.1. The van der Waals surface area contributed by atoms with E-state index in [1.807, 2.05) is 49.5 Å². The molecular weight excluding hydrogens is 483 g/mol. The van der Waals surface area contributed by atoms with Crippen LogP contribution in [0.2, 0.25) is 10.0 Å². The van der Waals surface area contributed by atoms with E-state index in [-0.39, 0.29) is 17.7 Å². The second-order valence-corrected chi connectivity index (χ2v) is 11.3. The van der Waals surface area contributed by atoms with Crippen LogP contribution in [0.1, 0.15) is 36.3 Å². The molecule has 2 aromatic carbocycles. The number of H-pyrrole nitrogens is 1. The molecule has 35 heavy (non-hydrogen) atoms. The van der Waals surface area contributed by atoms with Gasteiger partial charge in [-0.1, -0.05) is 47.5 Å². The van der Waals surface area contributed by atoms with Crippen LogP contribution >= 0.6 is 23.2 Å². The van der Waals surface area contributed by atoms with Crippen LogP contribution < -0.4 is 5.32 Å². The van der Waals surface area contributed by atoms with Gasteiger partial charge in [-0.3, -0.25) is 9.59 Å². The van der Waals surface area contributed by atoms with Gasteiger partial charge in [0, 0.05) is 52.2 Å². The summed E-state index contributed by atoms with van der Waals surface area (Å²) in [6.45, 7) is 1.36. The summed E-state index contributed by atoms with van der Waals surface area (Å²) in [6.07, 6.45) is 3.98. The Morgan fingerprint density at radius 1 is 1.11 bits per heavy atom. The van der Waals surface area contributed by atoms with Crippen LogP contribution in [0.15, 0.2) is 48.7 Å². The zero-order valence-electron chi connectivity index (χ0n) is 19.8. The Kier molecular flexibility index (Phi) is 5.22. The molecule has 0 spiro atoms. The van der Waals surface area contributed by atoms with E-state index in [1.54, 1.807) is 12.1 Å². The molecule has 182 valence electrons. The molecule has 0 radical (unpaired) electrons. The Hall–Kier alpha value is -2.54. The maximum atomic E-state index is 13.9. The summed E-state index contributed by atoms with van der Waals surface area (Å²) in [6, 6.07) is 13.7. The number of likely N-dealkylation sites (N-methyl/N-ethyl adjacent to an activating group) is 1. The fourth-order valence-corrected chi connectivity index (χ4v) is 6.21. The predicted molar refractivity (Wildman–Crippen MR) is 138 cm³/mol. The number of halogens is 2. The molecule has 3 aliphatic rings. The van der Waals surface area contributed by atoms with Crippen molar-refractivity contribution in [3.8, 4) is 0 Å². The third-order valence-corrected chi connectivity index (χ3v) is 8.73. The van der Waals surface area contributed by atoms with E-state index in [0.717, 1.165) is 22.0 Å². The van der Waals surface area contributed by atoms with Gasteiger partial charge < -0.3 is 20.1 Å². The van der Waals surface area contributed by atoms with Gasteiger partial charge in [-0.15, -0.1) is 0 Å². The lowest BCUT2D eigenvalue weighted by Gasteiger charge is -2.44. The Morgan fingerprint density at radius 3 is 2.54 bits per heavy atom. The number of aromatic nitrogens is 1. The van der Waals surface area contributed by atoms with Crippen LogP contribution in [0.3, 0.4) is 0 Å². The highest BCUT2D eigenvalue weighted by Gasteiger charge is 2.66. The number of hydrogen-bond acceptors (Lipinski definition) is 3. The number of amides is 2. The molecule has 8 heteroatoms. The van der Waals surface area contributed by atoms with E-state index >= 15 is 0 Å². The Bertz CT molecular complexity index is 1340. The summed E-state index contributed by atoms with van der Waals surface area (Å²) in [4.78, 5) is 35.1. The van der Waals surface area contributed by atoms with E-state index in [9.17, 15) is 9.59 Å². The van der Waals surface area contributed by atoms with Crippen molar-refractivity contribution in [2.24, 2.45) is 0 Å². The third kappa shape index (κ3) is 3.57. The highest BCUT2D eigenvalue weighted by Crippen LogP contribution is 2.57. The lowest BCUT2D eigenvalue weighted by molar-refractivity contribution is -0.144. The van der Waals surface area contributed by atoms with Crippen molar-refractivity contribution in [2.75, 3.05) is 27.2 Å². The number of fused-ring (bicyclic) bond motifs is 1. The molecule has 0 bridgehead atoms. The van der Waals surface area contributed by atoms with E-state index in [1.165, 1.54) is 0 Å². The lowest BCUT2D eigenvalue weighted by Crippen LogP contribution is -2.64. The monoisotopic (exact) mass is 510 g/mol. The first kappa shape index (κ1) is 22.9. The van der Waals surface area contributed by atoms with E-state index in [2.05, 4.69) is 21.3 Å². The Morgan fingerprint density at radius 2 is 1.86 bits per heavy atom. The molecular formula is C27H28Cl2N4O2. The molecule has 1 saturated heterocycles. The van der Waals surface area contributed by atoms with Gasteiger partial charge in [0.05, 0.1) is 5.41 Å². The summed E-state index contributed by atoms with van der Waals surface area (Å²) in [5, 5.41) is 5.38. The van der Waals surface area contributed by atoms with Crippen molar-refractivity contribution in [3.05, 3.63) is 69.8 Å². The number of carbonyl (C=O) groups is 2. The van der Waals surface area contributed by atoms with Crippen molar-refractivity contribution < 1.29 is 9.59 Å². The standard InChI is InChI=1S/C27H28Cl2N4O2/c1-32(2)17-14-33(15-17)25(35)27(12-21(27)19-13-30-23-6-4-3-5-18(19)23)31-24(34)26(9-10-26)20-8-7-16(28)11-22(20)29/h3-8,11,13,17,21,30H,9-10,12,14-15H2,1-2H3,(H,31,34). The molecule has 2 atom stereocenters. The van der Waals surface area contributed by atoms with Crippen molar-refractivity contribution in [1.29, 1.82) is 0 Å². The van der Waals surface area contributed by atoms with Gasteiger partial charge in [-0.05, 0) is 62.7 Å². The molecule has 2 heterocycles. The molecule has 2 saturated carbocycles. The molecule has 2 N–H and O–H groups in total. The summed E-state index contributed by atoms with van der Waals surface area (Å²) in [5.41, 5.74) is 1.25. The van der Waals surface area contributed by atoms with Crippen LogP contribution in [0.4, 0.5) is 0 Å².